The molecule has 0 saturated carbocycles. The molecule has 0 atom stereocenters. The molecule has 0 N–H and O–H groups in total. The topological polar surface area (TPSA) is 0 Å². The van der Waals surface area contributed by atoms with Crippen molar-refractivity contribution >= 4 is 50.3 Å². The van der Waals surface area contributed by atoms with E-state index in [0.717, 1.165) is 0 Å². The van der Waals surface area contributed by atoms with Gasteiger partial charge in [-0.3, -0.25) is 0 Å². The van der Waals surface area contributed by atoms with Crippen LogP contribution in [0.1, 0.15) is 0 Å². The quantitative estimate of drug-likeness (QED) is 0.634. The summed E-state index contributed by atoms with van der Waals surface area (Å²) in [6, 6.07) is 0. The molecular formula is C8H22Cl2SbSi2. The number of rotatable bonds is 4. The second kappa shape index (κ2) is 4.78. The van der Waals surface area contributed by atoms with Crippen molar-refractivity contribution in [3.05, 3.63) is 0 Å². The van der Waals surface area contributed by atoms with Crippen molar-refractivity contribution in [2.45, 2.75) is 47.3 Å². The molecule has 5 heteroatoms. The summed E-state index contributed by atoms with van der Waals surface area (Å²) >= 11 is -2.54. The molecule has 0 aromatic carbocycles. The maximum absolute atomic E-state index is 6.54. The molecule has 0 fully saturated rings. The molecule has 0 aliphatic rings. The first-order valence-corrected chi connectivity index (χ1v) is 22.2. The van der Waals surface area contributed by atoms with E-state index in [2.05, 4.69) is 39.3 Å². The van der Waals surface area contributed by atoms with Crippen molar-refractivity contribution < 1.29 is 0 Å². The summed E-state index contributed by atoms with van der Waals surface area (Å²) in [5.41, 5.74) is 0. The molecule has 0 saturated heterocycles. The molecule has 0 amide bonds. The van der Waals surface area contributed by atoms with E-state index in [0.29, 0.717) is 0 Å². The van der Waals surface area contributed by atoms with E-state index < -0.39 is 32.7 Å². The summed E-state index contributed by atoms with van der Waals surface area (Å²) in [6.07, 6.45) is 0. The Labute approximate surface area is 96.8 Å². The second-order valence-electron chi connectivity index (χ2n) is 6.20. The SMILES string of the molecule is C[Si](C)(C)[CH2][Sb]([Cl])([Cl])[CH2][Si](C)(C)C. The molecule has 0 rings (SSSR count). The van der Waals surface area contributed by atoms with Crippen LogP contribution < -0.4 is 0 Å². The Balaban J connectivity index is 4.25. The van der Waals surface area contributed by atoms with Crippen LogP contribution in [0.25, 0.3) is 0 Å². The Kier molecular flexibility index (Phi) is 5.45. The molecule has 0 aromatic heterocycles. The van der Waals surface area contributed by atoms with E-state index in [1.54, 1.807) is 0 Å². The van der Waals surface area contributed by atoms with Gasteiger partial charge < -0.3 is 0 Å². The summed E-state index contributed by atoms with van der Waals surface area (Å²) in [4.78, 5) is 0. The van der Waals surface area contributed by atoms with Gasteiger partial charge in [0.2, 0.25) is 0 Å². The Morgan fingerprint density at radius 2 is 1.00 bits per heavy atom. The third kappa shape index (κ3) is 10.1. The van der Waals surface area contributed by atoms with Crippen molar-refractivity contribution in [1.29, 1.82) is 0 Å². The molecule has 0 spiro atoms. The van der Waals surface area contributed by atoms with Gasteiger partial charge >= 0.3 is 97.6 Å². The number of halogens is 2. The van der Waals surface area contributed by atoms with Crippen LogP contribution in [0.4, 0.5) is 0 Å². The average molecular weight is 367 g/mol. The Morgan fingerprint density at radius 1 is 0.769 bits per heavy atom. The van der Waals surface area contributed by atoms with E-state index in [4.69, 9.17) is 17.7 Å². The van der Waals surface area contributed by atoms with Crippen molar-refractivity contribution in [1.82, 2.24) is 0 Å². The molecule has 81 valence electrons. The van der Waals surface area contributed by atoms with E-state index in [1.165, 1.54) is 7.98 Å². The van der Waals surface area contributed by atoms with E-state index in [1.807, 2.05) is 0 Å². The fourth-order valence-electron chi connectivity index (χ4n) is 1.44. The zero-order valence-electron chi connectivity index (χ0n) is 9.62. The van der Waals surface area contributed by atoms with Gasteiger partial charge in [0, 0.05) is 0 Å². The first-order valence-electron chi connectivity index (χ1n) is 4.68. The number of hydrogen-bond donors (Lipinski definition) is 0. The van der Waals surface area contributed by atoms with Crippen LogP contribution in [0.15, 0.2) is 0 Å². The summed E-state index contributed by atoms with van der Waals surface area (Å²) in [6.45, 7) is 14.2. The maximum atomic E-state index is 6.54. The zero-order valence-corrected chi connectivity index (χ0v) is 15.7. The molecule has 1 radical (unpaired) electrons. The van der Waals surface area contributed by atoms with Crippen LogP contribution in [0.5, 0.6) is 0 Å². The van der Waals surface area contributed by atoms with Gasteiger partial charge in [-0.1, -0.05) is 0 Å². The van der Waals surface area contributed by atoms with E-state index >= 15 is 0 Å². The van der Waals surface area contributed by atoms with E-state index in [-0.39, 0.29) is 0 Å². The van der Waals surface area contributed by atoms with Gasteiger partial charge in [0.05, 0.1) is 0 Å². The van der Waals surface area contributed by atoms with Crippen LogP contribution in [0.3, 0.4) is 0 Å². The molecule has 0 heterocycles. The summed E-state index contributed by atoms with van der Waals surface area (Å²) in [5, 5.41) is 0. The molecule has 0 aromatic rings. The third-order valence-electron chi connectivity index (χ3n) is 1.41. The molecule has 0 bridgehead atoms. The van der Waals surface area contributed by atoms with Crippen LogP contribution in [-0.4, -0.2) is 32.7 Å². The molecule has 0 aliphatic carbocycles. The minimum atomic E-state index is -2.54. The summed E-state index contributed by atoms with van der Waals surface area (Å²) in [7, 11) is 11.0. The predicted molar refractivity (Wildman–Crippen MR) is 73.8 cm³/mol. The van der Waals surface area contributed by atoms with Gasteiger partial charge in [-0.2, -0.15) is 0 Å². The predicted octanol–water partition coefficient (Wildman–Crippen LogP) is 4.66. The third-order valence-corrected chi connectivity index (χ3v) is 38.0. The van der Waals surface area contributed by atoms with Gasteiger partial charge in [-0.05, 0) is 0 Å². The average Bonchev–Trinajstić information content (AvgIpc) is 1.43. The Hall–Kier alpha value is 1.83. The summed E-state index contributed by atoms with van der Waals surface area (Å²) in [5.74, 6) is 0. The van der Waals surface area contributed by atoms with Gasteiger partial charge in [0.15, 0.2) is 0 Å². The fraction of sp³-hybridized carbons (Fsp3) is 1.00. The van der Waals surface area contributed by atoms with Gasteiger partial charge in [0.1, 0.15) is 0 Å². The monoisotopic (exact) mass is 365 g/mol. The first-order chi connectivity index (χ1) is 5.41. The van der Waals surface area contributed by atoms with Crippen molar-refractivity contribution in [2.24, 2.45) is 0 Å². The standard InChI is InChI=1S/2C4H11Si.2ClH.Sb/c2*1-5(2,3)4;;;/h2*1H2,2-4H3;2*1H;/q;;;;+2/p-2. The second-order valence-corrected chi connectivity index (χ2v) is 36.7. The first kappa shape index (κ1) is 14.8. The Morgan fingerprint density at radius 3 is 1.15 bits per heavy atom. The van der Waals surface area contributed by atoms with Gasteiger partial charge in [0.25, 0.3) is 0 Å². The molecular weight excluding hydrogens is 345 g/mol. The normalized spacial score (nSPS) is 14.8. The van der Waals surface area contributed by atoms with Gasteiger partial charge in [-0.15, -0.1) is 0 Å². The van der Waals surface area contributed by atoms with Crippen LogP contribution >= 0.6 is 17.7 Å². The van der Waals surface area contributed by atoms with Crippen molar-refractivity contribution in [3.8, 4) is 0 Å². The Bertz CT molecular complexity index is 152. The fourth-order valence-corrected chi connectivity index (χ4v) is 60.2. The van der Waals surface area contributed by atoms with Crippen LogP contribution in [0.2, 0.25) is 47.3 Å². The molecule has 0 nitrogen and oxygen atoms in total. The van der Waals surface area contributed by atoms with Crippen molar-refractivity contribution in [3.63, 3.8) is 0 Å². The van der Waals surface area contributed by atoms with Crippen LogP contribution in [0, 0.1) is 0 Å². The number of hydrogen-bond acceptors (Lipinski definition) is 0. The molecule has 13 heavy (non-hydrogen) atoms. The zero-order chi connectivity index (χ0) is 10.9. The van der Waals surface area contributed by atoms with Gasteiger partial charge in [-0.25, -0.2) is 0 Å². The van der Waals surface area contributed by atoms with E-state index in [9.17, 15) is 0 Å². The van der Waals surface area contributed by atoms with Crippen LogP contribution in [-0.2, 0) is 0 Å². The molecule has 0 aliphatic heterocycles. The summed E-state index contributed by atoms with van der Waals surface area (Å²) < 4.78 is 2.41. The van der Waals surface area contributed by atoms with Crippen molar-refractivity contribution in [2.75, 3.05) is 0 Å². The minimum absolute atomic E-state index is 1.05. The molecule has 0 unspecified atom stereocenters.